The molecule has 236 valence electrons. The first-order valence-electron chi connectivity index (χ1n) is 16.8. The SMILES string of the molecule is CCCc1ccc(C(C)(c2ccc(-c3ccc(F)cc3)cc2)C(Cc2ccc(-c3ccc(F)cc3)cc2)c2ccc(CC)cc2)cc1. The number of hydrogen-bond acceptors (Lipinski definition) is 0. The van der Waals surface area contributed by atoms with E-state index in [1.54, 1.807) is 0 Å². The van der Waals surface area contributed by atoms with Crippen molar-refractivity contribution < 1.29 is 8.78 Å². The first-order chi connectivity index (χ1) is 22.9. The first-order valence-corrected chi connectivity index (χ1v) is 16.8. The van der Waals surface area contributed by atoms with E-state index in [-0.39, 0.29) is 23.0 Å². The van der Waals surface area contributed by atoms with Crippen LogP contribution in [0.2, 0.25) is 0 Å². The summed E-state index contributed by atoms with van der Waals surface area (Å²) in [6.07, 6.45) is 4.01. The summed E-state index contributed by atoms with van der Waals surface area (Å²) in [7, 11) is 0. The lowest BCUT2D eigenvalue weighted by Crippen LogP contribution is -2.33. The van der Waals surface area contributed by atoms with Crippen molar-refractivity contribution in [3.05, 3.63) is 191 Å². The van der Waals surface area contributed by atoms with E-state index in [9.17, 15) is 8.78 Å². The van der Waals surface area contributed by atoms with Crippen LogP contribution in [0, 0.1) is 11.6 Å². The second-order valence-electron chi connectivity index (χ2n) is 12.8. The van der Waals surface area contributed by atoms with Gasteiger partial charge in [-0.05, 0) is 99.2 Å². The molecule has 0 heterocycles. The van der Waals surface area contributed by atoms with Crippen molar-refractivity contribution in [1.29, 1.82) is 0 Å². The maximum Gasteiger partial charge on any atom is 0.123 e. The molecule has 47 heavy (non-hydrogen) atoms. The molecule has 0 bridgehead atoms. The van der Waals surface area contributed by atoms with Crippen molar-refractivity contribution in [3.63, 3.8) is 0 Å². The Balaban J connectivity index is 1.45. The van der Waals surface area contributed by atoms with Crippen LogP contribution in [0.15, 0.2) is 146 Å². The second-order valence-corrected chi connectivity index (χ2v) is 12.8. The second kappa shape index (κ2) is 14.3. The first kappa shape index (κ1) is 32.1. The molecule has 0 saturated carbocycles. The fraction of sp³-hybridized carbons (Fsp3) is 0.200. The zero-order valence-electron chi connectivity index (χ0n) is 27.5. The van der Waals surface area contributed by atoms with Crippen molar-refractivity contribution in [3.8, 4) is 22.3 Å². The van der Waals surface area contributed by atoms with E-state index < -0.39 is 0 Å². The summed E-state index contributed by atoms with van der Waals surface area (Å²) < 4.78 is 27.3. The molecule has 2 heteroatoms. The molecule has 0 amide bonds. The quantitative estimate of drug-likeness (QED) is 0.135. The van der Waals surface area contributed by atoms with Crippen LogP contribution < -0.4 is 0 Å². The topological polar surface area (TPSA) is 0 Å². The van der Waals surface area contributed by atoms with Crippen molar-refractivity contribution in [1.82, 2.24) is 0 Å². The van der Waals surface area contributed by atoms with Gasteiger partial charge in [0.25, 0.3) is 0 Å². The highest BCUT2D eigenvalue weighted by molar-refractivity contribution is 5.65. The van der Waals surface area contributed by atoms with Crippen LogP contribution in [0.1, 0.15) is 66.5 Å². The van der Waals surface area contributed by atoms with E-state index in [1.165, 1.54) is 57.6 Å². The summed E-state index contributed by atoms with van der Waals surface area (Å²) in [5.74, 6) is -0.333. The summed E-state index contributed by atoms with van der Waals surface area (Å²) in [6.45, 7) is 6.80. The molecular formula is C45H42F2. The van der Waals surface area contributed by atoms with Gasteiger partial charge in [0, 0.05) is 11.3 Å². The molecule has 0 aliphatic rings. The van der Waals surface area contributed by atoms with Gasteiger partial charge >= 0.3 is 0 Å². The third-order valence-corrected chi connectivity index (χ3v) is 9.81. The summed E-state index contributed by atoms with van der Waals surface area (Å²) >= 11 is 0. The minimum atomic E-state index is -0.366. The molecule has 0 saturated heterocycles. The normalized spacial score (nSPS) is 13.2. The van der Waals surface area contributed by atoms with Gasteiger partial charge in [-0.15, -0.1) is 0 Å². The highest BCUT2D eigenvalue weighted by Crippen LogP contribution is 2.47. The highest BCUT2D eigenvalue weighted by atomic mass is 19.1. The van der Waals surface area contributed by atoms with E-state index in [0.29, 0.717) is 0 Å². The molecule has 0 fully saturated rings. The van der Waals surface area contributed by atoms with E-state index in [0.717, 1.165) is 47.9 Å². The van der Waals surface area contributed by atoms with Crippen molar-refractivity contribution in [2.75, 3.05) is 0 Å². The molecular weight excluding hydrogens is 578 g/mol. The van der Waals surface area contributed by atoms with E-state index >= 15 is 0 Å². The molecule has 6 aromatic rings. The van der Waals surface area contributed by atoms with Gasteiger partial charge in [-0.2, -0.15) is 0 Å². The van der Waals surface area contributed by atoms with Crippen LogP contribution in [0.4, 0.5) is 8.78 Å². The zero-order valence-corrected chi connectivity index (χ0v) is 27.5. The fourth-order valence-corrected chi connectivity index (χ4v) is 6.88. The van der Waals surface area contributed by atoms with Gasteiger partial charge in [0.1, 0.15) is 11.6 Å². The molecule has 0 aliphatic heterocycles. The van der Waals surface area contributed by atoms with Gasteiger partial charge in [-0.25, -0.2) is 8.78 Å². The molecule has 0 N–H and O–H groups in total. The molecule has 2 unspecified atom stereocenters. The minimum absolute atomic E-state index is 0.124. The minimum Gasteiger partial charge on any atom is -0.207 e. The standard InChI is InChI=1S/C45H42F2/c1-4-6-33-11-23-40(24-12-33)45(3,41-25-17-36(18-26-41)38-21-29-43(47)30-22-38)44(39-15-7-32(5-2)8-16-39)31-34-9-13-35(14-10-34)37-19-27-42(46)28-20-37/h7-30,44H,4-6,31H2,1-3H3. The maximum absolute atomic E-state index is 13.7. The zero-order chi connectivity index (χ0) is 32.8. The number of hydrogen-bond donors (Lipinski definition) is 0. The summed E-state index contributed by atoms with van der Waals surface area (Å²) in [4.78, 5) is 0. The van der Waals surface area contributed by atoms with Gasteiger partial charge in [-0.3, -0.25) is 0 Å². The monoisotopic (exact) mass is 620 g/mol. The molecule has 2 atom stereocenters. The number of benzene rings is 6. The third kappa shape index (κ3) is 7.13. The molecule has 6 aromatic carbocycles. The Morgan fingerprint density at radius 3 is 1.30 bits per heavy atom. The number of aryl methyl sites for hydroxylation is 2. The lowest BCUT2D eigenvalue weighted by Gasteiger charge is -2.40. The Morgan fingerprint density at radius 1 is 0.468 bits per heavy atom. The lowest BCUT2D eigenvalue weighted by atomic mass is 9.63. The van der Waals surface area contributed by atoms with Gasteiger partial charge < -0.3 is 0 Å². The lowest BCUT2D eigenvalue weighted by molar-refractivity contribution is 0.441. The summed E-state index contributed by atoms with van der Waals surface area (Å²) in [6, 6.07) is 49.3. The average Bonchev–Trinajstić information content (AvgIpc) is 3.12. The molecule has 0 nitrogen and oxygen atoms in total. The van der Waals surface area contributed by atoms with Crippen LogP contribution in [-0.4, -0.2) is 0 Å². The van der Waals surface area contributed by atoms with Crippen LogP contribution in [-0.2, 0) is 24.7 Å². The highest BCUT2D eigenvalue weighted by Gasteiger charge is 2.39. The fourth-order valence-electron chi connectivity index (χ4n) is 6.88. The molecule has 0 aromatic heterocycles. The number of rotatable bonds is 11. The van der Waals surface area contributed by atoms with Crippen LogP contribution in [0.3, 0.4) is 0 Å². The van der Waals surface area contributed by atoms with Crippen LogP contribution >= 0.6 is 0 Å². The largest absolute Gasteiger partial charge is 0.207 e. The molecule has 6 rings (SSSR count). The van der Waals surface area contributed by atoms with Gasteiger partial charge in [0.05, 0.1) is 0 Å². The van der Waals surface area contributed by atoms with Crippen molar-refractivity contribution >= 4 is 0 Å². The van der Waals surface area contributed by atoms with Crippen LogP contribution in [0.25, 0.3) is 22.3 Å². The van der Waals surface area contributed by atoms with E-state index in [4.69, 9.17) is 0 Å². The molecule has 0 radical (unpaired) electrons. The van der Waals surface area contributed by atoms with Gasteiger partial charge in [0.2, 0.25) is 0 Å². The maximum atomic E-state index is 13.7. The smallest absolute Gasteiger partial charge is 0.123 e. The Kier molecular flexibility index (Phi) is 9.78. The predicted octanol–water partition coefficient (Wildman–Crippen LogP) is 12.1. The third-order valence-electron chi connectivity index (χ3n) is 9.81. The molecule has 0 spiro atoms. The molecule has 0 aliphatic carbocycles. The average molecular weight is 621 g/mol. The summed E-state index contributed by atoms with van der Waals surface area (Å²) in [5.41, 5.74) is 11.5. The Labute approximate surface area is 278 Å². The predicted molar refractivity (Wildman–Crippen MR) is 193 cm³/mol. The number of halogens is 2. The van der Waals surface area contributed by atoms with Crippen LogP contribution in [0.5, 0.6) is 0 Å². The Morgan fingerprint density at radius 2 is 0.851 bits per heavy atom. The van der Waals surface area contributed by atoms with E-state index in [1.807, 2.05) is 24.3 Å². The Bertz CT molecular complexity index is 1870. The Hall–Kier alpha value is -4.82. The van der Waals surface area contributed by atoms with Gasteiger partial charge in [0.15, 0.2) is 0 Å². The van der Waals surface area contributed by atoms with Gasteiger partial charge in [-0.1, -0.05) is 149 Å². The van der Waals surface area contributed by atoms with Crippen molar-refractivity contribution in [2.45, 2.75) is 57.8 Å². The summed E-state index contributed by atoms with van der Waals surface area (Å²) in [5, 5.41) is 0. The van der Waals surface area contributed by atoms with E-state index in [2.05, 4.69) is 118 Å². The van der Waals surface area contributed by atoms with Crippen molar-refractivity contribution in [2.24, 2.45) is 0 Å².